The largest absolute Gasteiger partial charge is 0.303 e. The summed E-state index contributed by atoms with van der Waals surface area (Å²) in [6.45, 7) is 1.67. The third kappa shape index (κ3) is 1.62. The average molecular weight is 194 g/mol. The molecule has 4 unspecified atom stereocenters. The number of hydrogen-bond donors (Lipinski definition) is 0. The van der Waals surface area contributed by atoms with Crippen LogP contribution >= 0.6 is 0 Å². The van der Waals surface area contributed by atoms with Gasteiger partial charge in [-0.15, -0.1) is 0 Å². The minimum atomic E-state index is 0.290. The predicted molar refractivity (Wildman–Crippen MR) is 53.8 cm³/mol. The van der Waals surface area contributed by atoms with E-state index < -0.39 is 0 Å². The Morgan fingerprint density at radius 3 is 2.50 bits per heavy atom. The topological polar surface area (TPSA) is 34.1 Å². The van der Waals surface area contributed by atoms with Crippen LogP contribution in [0.4, 0.5) is 0 Å². The Labute approximate surface area is 85.1 Å². The molecule has 0 aromatic heterocycles. The molecule has 2 rings (SSSR count). The molecule has 2 bridgehead atoms. The summed E-state index contributed by atoms with van der Waals surface area (Å²) in [4.78, 5) is 21.7. The SMILES string of the molecule is CC(=O)CC1C2CCC(C2)C1CC=O. The first kappa shape index (κ1) is 9.88. The van der Waals surface area contributed by atoms with Crippen molar-refractivity contribution in [1.29, 1.82) is 0 Å². The molecule has 0 spiro atoms. The highest BCUT2D eigenvalue weighted by Crippen LogP contribution is 2.54. The fourth-order valence-electron chi connectivity index (χ4n) is 3.66. The van der Waals surface area contributed by atoms with Crippen LogP contribution in [-0.4, -0.2) is 12.1 Å². The van der Waals surface area contributed by atoms with Gasteiger partial charge in [0.15, 0.2) is 0 Å². The van der Waals surface area contributed by atoms with E-state index in [-0.39, 0.29) is 0 Å². The molecule has 0 heterocycles. The summed E-state index contributed by atoms with van der Waals surface area (Å²) in [5.74, 6) is 2.83. The number of fused-ring (bicyclic) bond motifs is 2. The quantitative estimate of drug-likeness (QED) is 0.643. The average Bonchev–Trinajstić information content (AvgIpc) is 2.68. The minimum Gasteiger partial charge on any atom is -0.303 e. The first-order valence-electron chi connectivity index (χ1n) is 5.65. The Morgan fingerprint density at radius 1 is 1.29 bits per heavy atom. The molecule has 0 saturated heterocycles. The standard InChI is InChI=1S/C12H18O2/c1-8(14)6-12-10-3-2-9(7-10)11(12)4-5-13/h5,9-12H,2-4,6-7H2,1H3. The Kier molecular flexibility index (Phi) is 2.71. The molecular weight excluding hydrogens is 176 g/mol. The van der Waals surface area contributed by atoms with E-state index in [0.717, 1.165) is 18.1 Å². The highest BCUT2D eigenvalue weighted by molar-refractivity contribution is 5.75. The minimum absolute atomic E-state index is 0.290. The van der Waals surface area contributed by atoms with E-state index in [2.05, 4.69) is 0 Å². The molecule has 2 nitrogen and oxygen atoms in total. The molecule has 0 aromatic carbocycles. The van der Waals surface area contributed by atoms with E-state index in [1.165, 1.54) is 19.3 Å². The number of carbonyl (C=O) groups is 2. The van der Waals surface area contributed by atoms with Crippen LogP contribution in [0, 0.1) is 23.7 Å². The summed E-state index contributed by atoms with van der Waals surface area (Å²) in [7, 11) is 0. The molecule has 2 fully saturated rings. The van der Waals surface area contributed by atoms with Crippen LogP contribution in [0.15, 0.2) is 0 Å². The lowest BCUT2D eigenvalue weighted by molar-refractivity contribution is -0.119. The van der Waals surface area contributed by atoms with E-state index >= 15 is 0 Å². The Hall–Kier alpha value is -0.660. The van der Waals surface area contributed by atoms with E-state index in [1.807, 2.05) is 0 Å². The predicted octanol–water partition coefficient (Wildman–Crippen LogP) is 2.22. The zero-order valence-electron chi connectivity index (χ0n) is 8.74. The number of rotatable bonds is 4. The number of ketones is 1. The van der Waals surface area contributed by atoms with Crippen molar-refractivity contribution in [3.05, 3.63) is 0 Å². The third-order valence-corrected chi connectivity index (χ3v) is 4.17. The van der Waals surface area contributed by atoms with Gasteiger partial charge in [0.25, 0.3) is 0 Å². The van der Waals surface area contributed by atoms with Crippen LogP contribution < -0.4 is 0 Å². The third-order valence-electron chi connectivity index (χ3n) is 4.17. The second-order valence-electron chi connectivity index (χ2n) is 4.97. The van der Waals surface area contributed by atoms with Crippen LogP contribution in [0.3, 0.4) is 0 Å². The van der Waals surface area contributed by atoms with Gasteiger partial charge in [-0.1, -0.05) is 0 Å². The van der Waals surface area contributed by atoms with Gasteiger partial charge in [0.1, 0.15) is 12.1 Å². The van der Waals surface area contributed by atoms with Gasteiger partial charge in [-0.2, -0.15) is 0 Å². The van der Waals surface area contributed by atoms with Crippen molar-refractivity contribution >= 4 is 12.1 Å². The van der Waals surface area contributed by atoms with E-state index in [0.29, 0.717) is 30.5 Å². The van der Waals surface area contributed by atoms with Crippen molar-refractivity contribution in [3.8, 4) is 0 Å². The molecule has 2 heteroatoms. The van der Waals surface area contributed by atoms with E-state index in [4.69, 9.17) is 0 Å². The first-order chi connectivity index (χ1) is 6.72. The van der Waals surface area contributed by atoms with Gasteiger partial charge in [0.2, 0.25) is 0 Å². The molecular formula is C12H18O2. The van der Waals surface area contributed by atoms with Gasteiger partial charge in [-0.05, 0) is 49.9 Å². The molecule has 4 atom stereocenters. The van der Waals surface area contributed by atoms with Gasteiger partial charge >= 0.3 is 0 Å². The van der Waals surface area contributed by atoms with E-state index in [9.17, 15) is 9.59 Å². The molecule has 0 aliphatic heterocycles. The van der Waals surface area contributed by atoms with Crippen molar-refractivity contribution < 1.29 is 9.59 Å². The van der Waals surface area contributed by atoms with Crippen molar-refractivity contribution in [1.82, 2.24) is 0 Å². The molecule has 78 valence electrons. The van der Waals surface area contributed by atoms with Gasteiger partial charge in [-0.3, -0.25) is 0 Å². The number of carbonyl (C=O) groups excluding carboxylic acids is 2. The van der Waals surface area contributed by atoms with Gasteiger partial charge < -0.3 is 9.59 Å². The van der Waals surface area contributed by atoms with Crippen LogP contribution in [0.1, 0.15) is 39.0 Å². The van der Waals surface area contributed by atoms with Gasteiger partial charge in [0.05, 0.1) is 0 Å². The molecule has 0 aromatic rings. The maximum atomic E-state index is 11.1. The molecule has 2 aliphatic rings. The lowest BCUT2D eigenvalue weighted by Gasteiger charge is -2.29. The van der Waals surface area contributed by atoms with Crippen LogP contribution in [0.5, 0.6) is 0 Å². The van der Waals surface area contributed by atoms with Crippen molar-refractivity contribution in [2.75, 3.05) is 0 Å². The van der Waals surface area contributed by atoms with Crippen molar-refractivity contribution in [3.63, 3.8) is 0 Å². The van der Waals surface area contributed by atoms with Crippen molar-refractivity contribution in [2.24, 2.45) is 23.7 Å². The fourth-order valence-corrected chi connectivity index (χ4v) is 3.66. The smallest absolute Gasteiger partial charge is 0.130 e. The van der Waals surface area contributed by atoms with E-state index in [1.54, 1.807) is 6.92 Å². The van der Waals surface area contributed by atoms with Gasteiger partial charge in [0, 0.05) is 12.8 Å². The number of aldehydes is 1. The second-order valence-corrected chi connectivity index (χ2v) is 4.97. The highest BCUT2D eigenvalue weighted by Gasteiger charge is 2.46. The highest BCUT2D eigenvalue weighted by atomic mass is 16.1. The van der Waals surface area contributed by atoms with Crippen LogP contribution in [-0.2, 0) is 9.59 Å². The monoisotopic (exact) mass is 194 g/mol. The Morgan fingerprint density at radius 2 is 1.93 bits per heavy atom. The summed E-state index contributed by atoms with van der Waals surface area (Å²) in [5.41, 5.74) is 0. The molecule has 0 radical (unpaired) electrons. The normalized spacial score (nSPS) is 40.1. The van der Waals surface area contributed by atoms with Gasteiger partial charge in [-0.25, -0.2) is 0 Å². The molecule has 0 N–H and O–H groups in total. The summed E-state index contributed by atoms with van der Waals surface area (Å²) in [6.07, 6.45) is 6.28. The lowest BCUT2D eigenvalue weighted by atomic mass is 9.75. The number of Topliss-reactive ketones (excluding diaryl/α,β-unsaturated/α-hetero) is 1. The first-order valence-corrected chi connectivity index (χ1v) is 5.65. The Bertz CT molecular complexity index is 247. The molecule has 14 heavy (non-hydrogen) atoms. The molecule has 2 aliphatic carbocycles. The Balaban J connectivity index is 2.05. The maximum absolute atomic E-state index is 11.1. The summed E-state index contributed by atoms with van der Waals surface area (Å²) >= 11 is 0. The van der Waals surface area contributed by atoms with Crippen LogP contribution in [0.2, 0.25) is 0 Å². The summed E-state index contributed by atoms with van der Waals surface area (Å²) < 4.78 is 0. The number of hydrogen-bond acceptors (Lipinski definition) is 2. The molecule has 0 amide bonds. The zero-order valence-corrected chi connectivity index (χ0v) is 8.74. The van der Waals surface area contributed by atoms with Crippen molar-refractivity contribution in [2.45, 2.75) is 39.0 Å². The van der Waals surface area contributed by atoms with Crippen LogP contribution in [0.25, 0.3) is 0 Å². The summed E-state index contributed by atoms with van der Waals surface area (Å²) in [6, 6.07) is 0. The maximum Gasteiger partial charge on any atom is 0.130 e. The summed E-state index contributed by atoms with van der Waals surface area (Å²) in [5, 5.41) is 0. The zero-order chi connectivity index (χ0) is 10.1. The fraction of sp³-hybridized carbons (Fsp3) is 0.833. The molecule has 2 saturated carbocycles. The lowest BCUT2D eigenvalue weighted by Crippen LogP contribution is -2.24. The second kappa shape index (κ2) is 3.84.